The number of primary amides is 1. The van der Waals surface area contributed by atoms with Crippen LogP contribution in [0.5, 0.6) is 0 Å². The van der Waals surface area contributed by atoms with Gasteiger partial charge in [0.25, 0.3) is 5.91 Å². The molecule has 1 unspecified atom stereocenters. The Morgan fingerprint density at radius 3 is 2.61 bits per heavy atom. The van der Waals surface area contributed by atoms with Gasteiger partial charge in [-0.3, -0.25) is 9.59 Å². The van der Waals surface area contributed by atoms with E-state index in [2.05, 4.69) is 20.4 Å². The molecule has 0 bridgehead atoms. The number of carbonyl (C=O) groups is 2. The topological polar surface area (TPSA) is 115 Å². The molecule has 0 saturated heterocycles. The number of alkyl halides is 3. The van der Waals surface area contributed by atoms with Crippen LogP contribution in [0, 0.1) is 0 Å². The summed E-state index contributed by atoms with van der Waals surface area (Å²) >= 11 is 5.99. The number of hydrogen-bond acceptors (Lipinski definition) is 5. The molecule has 31 heavy (non-hydrogen) atoms. The van der Waals surface area contributed by atoms with Crippen LogP contribution in [-0.2, 0) is 16.4 Å². The molecule has 3 N–H and O–H groups in total. The molecule has 0 spiro atoms. The van der Waals surface area contributed by atoms with Gasteiger partial charge in [0.15, 0.2) is 10.8 Å². The van der Waals surface area contributed by atoms with Gasteiger partial charge in [-0.25, -0.2) is 14.5 Å². The van der Waals surface area contributed by atoms with Gasteiger partial charge < -0.3 is 11.1 Å². The molecule has 3 aromatic heterocycles. The highest BCUT2D eigenvalue weighted by atomic mass is 35.5. The first kappa shape index (κ1) is 21.0. The van der Waals surface area contributed by atoms with Crippen molar-refractivity contribution in [3.05, 3.63) is 52.2 Å². The molecule has 1 aliphatic carbocycles. The van der Waals surface area contributed by atoms with Crippen LogP contribution in [0.1, 0.15) is 53.5 Å². The third kappa shape index (κ3) is 3.58. The molecular weight excluding hydrogens is 437 g/mol. The average Bonchev–Trinajstić information content (AvgIpc) is 3.16. The van der Waals surface area contributed by atoms with Gasteiger partial charge in [0.1, 0.15) is 5.69 Å². The smallest absolute Gasteiger partial charge is 0.364 e. The molecule has 3 aromatic rings. The van der Waals surface area contributed by atoms with Crippen molar-refractivity contribution in [3.8, 4) is 0 Å². The van der Waals surface area contributed by atoms with E-state index in [-0.39, 0.29) is 10.8 Å². The summed E-state index contributed by atoms with van der Waals surface area (Å²) in [5, 5.41) is 6.94. The number of aromatic nitrogens is 4. The maximum absolute atomic E-state index is 13.3. The SMILES string of the molecule is CC1(C)CC(C(=O)Nc2cnc(C(N)=O)c(C(F)(F)F)c2)c2cnc3cc(Cl)nn3c21. The van der Waals surface area contributed by atoms with E-state index in [0.29, 0.717) is 23.7 Å². The van der Waals surface area contributed by atoms with E-state index in [1.54, 1.807) is 16.8 Å². The first-order valence-electron chi connectivity index (χ1n) is 9.11. The Morgan fingerprint density at radius 2 is 1.97 bits per heavy atom. The van der Waals surface area contributed by atoms with Crippen LogP contribution in [0.15, 0.2) is 24.5 Å². The number of fused-ring (bicyclic) bond motifs is 3. The van der Waals surface area contributed by atoms with E-state index in [1.807, 2.05) is 13.8 Å². The number of amides is 2. The zero-order valence-electron chi connectivity index (χ0n) is 16.3. The highest BCUT2D eigenvalue weighted by molar-refractivity contribution is 6.29. The number of carbonyl (C=O) groups excluding carboxylic acids is 2. The van der Waals surface area contributed by atoms with Gasteiger partial charge in [-0.15, -0.1) is 0 Å². The summed E-state index contributed by atoms with van der Waals surface area (Å²) in [6.07, 6.45) is -1.97. The predicted octanol–water partition coefficient (Wildman–Crippen LogP) is 3.30. The quantitative estimate of drug-likeness (QED) is 0.632. The first-order chi connectivity index (χ1) is 14.4. The first-order valence-corrected chi connectivity index (χ1v) is 9.49. The third-order valence-corrected chi connectivity index (χ3v) is 5.41. The minimum atomic E-state index is -4.87. The van der Waals surface area contributed by atoms with Crippen molar-refractivity contribution in [1.29, 1.82) is 0 Å². The van der Waals surface area contributed by atoms with Gasteiger partial charge in [-0.05, 0) is 12.5 Å². The van der Waals surface area contributed by atoms with Crippen molar-refractivity contribution >= 4 is 34.7 Å². The maximum Gasteiger partial charge on any atom is 0.418 e. The van der Waals surface area contributed by atoms with Crippen LogP contribution in [0.2, 0.25) is 5.15 Å². The van der Waals surface area contributed by atoms with Crippen LogP contribution in [0.25, 0.3) is 5.65 Å². The number of anilines is 1. The van der Waals surface area contributed by atoms with Crippen LogP contribution in [0.3, 0.4) is 0 Å². The molecule has 1 atom stereocenters. The van der Waals surface area contributed by atoms with Crippen molar-refractivity contribution in [2.24, 2.45) is 5.73 Å². The van der Waals surface area contributed by atoms with E-state index < -0.39 is 40.6 Å². The molecule has 2 amide bonds. The normalized spacial score (nSPS) is 17.5. The van der Waals surface area contributed by atoms with Crippen LogP contribution < -0.4 is 11.1 Å². The Kier molecular flexibility index (Phi) is 4.69. The number of nitrogens with two attached hydrogens (primary N) is 1. The summed E-state index contributed by atoms with van der Waals surface area (Å²) < 4.78 is 41.4. The Balaban J connectivity index is 1.70. The van der Waals surface area contributed by atoms with E-state index in [1.165, 1.54) is 0 Å². The molecule has 4 rings (SSSR count). The lowest BCUT2D eigenvalue weighted by Crippen LogP contribution is -2.24. The number of nitrogens with one attached hydrogen (secondary N) is 1. The van der Waals surface area contributed by atoms with Gasteiger partial charge >= 0.3 is 6.18 Å². The summed E-state index contributed by atoms with van der Waals surface area (Å²) in [7, 11) is 0. The Hall–Kier alpha value is -3.21. The molecule has 0 saturated carbocycles. The second kappa shape index (κ2) is 6.91. The standard InChI is InChI=1S/C19H16ClF3N6O2/c1-18(2)5-9(10-7-25-13-4-12(20)28-29(13)15(10)18)17(31)27-8-3-11(19(21,22)23)14(16(24)30)26-6-8/h3-4,6-7,9H,5H2,1-2H3,(H2,24,30)(H,27,31). The second-order valence-electron chi connectivity index (χ2n) is 7.91. The molecule has 12 heteroatoms. The Bertz CT molecular complexity index is 1240. The van der Waals surface area contributed by atoms with Gasteiger partial charge in [0.05, 0.1) is 29.1 Å². The van der Waals surface area contributed by atoms with E-state index in [9.17, 15) is 22.8 Å². The largest absolute Gasteiger partial charge is 0.418 e. The zero-order valence-corrected chi connectivity index (χ0v) is 17.0. The highest BCUT2D eigenvalue weighted by Gasteiger charge is 2.43. The lowest BCUT2D eigenvalue weighted by molar-refractivity contribution is -0.138. The molecule has 0 fully saturated rings. The number of hydrogen-bond donors (Lipinski definition) is 2. The van der Waals surface area contributed by atoms with Crippen molar-refractivity contribution in [1.82, 2.24) is 19.6 Å². The maximum atomic E-state index is 13.3. The lowest BCUT2D eigenvalue weighted by Gasteiger charge is -2.19. The summed E-state index contributed by atoms with van der Waals surface area (Å²) in [6.45, 7) is 3.86. The van der Waals surface area contributed by atoms with Gasteiger partial charge in [0.2, 0.25) is 5.91 Å². The zero-order chi connectivity index (χ0) is 22.7. The molecule has 0 radical (unpaired) electrons. The van der Waals surface area contributed by atoms with E-state index in [0.717, 1.165) is 11.9 Å². The number of halogens is 4. The molecule has 0 aromatic carbocycles. The van der Waals surface area contributed by atoms with Crippen molar-refractivity contribution in [2.45, 2.75) is 37.8 Å². The van der Waals surface area contributed by atoms with Crippen molar-refractivity contribution < 1.29 is 22.8 Å². The molecule has 0 aliphatic heterocycles. The third-order valence-electron chi connectivity index (χ3n) is 5.22. The number of rotatable bonds is 3. The second-order valence-corrected chi connectivity index (χ2v) is 8.30. The minimum Gasteiger partial charge on any atom is -0.364 e. The van der Waals surface area contributed by atoms with Gasteiger partial charge in [0, 0.05) is 23.2 Å². The minimum absolute atomic E-state index is 0.204. The molecular formula is C19H16ClF3N6O2. The lowest BCUT2D eigenvalue weighted by atomic mass is 9.88. The van der Waals surface area contributed by atoms with Crippen molar-refractivity contribution in [2.75, 3.05) is 5.32 Å². The number of nitrogens with zero attached hydrogens (tertiary/aromatic N) is 4. The monoisotopic (exact) mass is 452 g/mol. The van der Waals surface area contributed by atoms with E-state index >= 15 is 0 Å². The highest BCUT2D eigenvalue weighted by Crippen LogP contribution is 2.46. The molecule has 3 heterocycles. The Morgan fingerprint density at radius 1 is 1.26 bits per heavy atom. The van der Waals surface area contributed by atoms with E-state index in [4.69, 9.17) is 17.3 Å². The van der Waals surface area contributed by atoms with Gasteiger partial charge in [-0.2, -0.15) is 18.3 Å². The molecule has 162 valence electrons. The fraction of sp³-hybridized carbons (Fsp3) is 0.316. The van der Waals surface area contributed by atoms with Crippen LogP contribution in [0.4, 0.5) is 18.9 Å². The fourth-order valence-corrected chi connectivity index (χ4v) is 4.15. The summed E-state index contributed by atoms with van der Waals surface area (Å²) in [5.41, 5.74) is 3.95. The van der Waals surface area contributed by atoms with Crippen LogP contribution in [-0.4, -0.2) is 31.4 Å². The summed E-state index contributed by atoms with van der Waals surface area (Å²) in [6, 6.07) is 2.23. The van der Waals surface area contributed by atoms with Gasteiger partial charge in [-0.1, -0.05) is 25.4 Å². The average molecular weight is 453 g/mol. The summed E-state index contributed by atoms with van der Waals surface area (Å²) in [4.78, 5) is 32.0. The van der Waals surface area contributed by atoms with Crippen LogP contribution >= 0.6 is 11.6 Å². The Labute approximate surface area is 178 Å². The number of pyridine rings is 1. The van der Waals surface area contributed by atoms with Crippen molar-refractivity contribution in [3.63, 3.8) is 0 Å². The fourth-order valence-electron chi connectivity index (χ4n) is 3.98. The predicted molar refractivity (Wildman–Crippen MR) is 105 cm³/mol. The molecule has 1 aliphatic rings. The molecule has 8 nitrogen and oxygen atoms in total. The summed E-state index contributed by atoms with van der Waals surface area (Å²) in [5.74, 6) is -2.53.